The largest absolute Gasteiger partial charge is 0.431 e. The van der Waals surface area contributed by atoms with Gasteiger partial charge in [0.25, 0.3) is 5.22 Å². The SMILES string of the molecule is O=C(CSc1nc2ccccc2o1)N1CCCC1CO. The Hall–Kier alpha value is -1.53. The summed E-state index contributed by atoms with van der Waals surface area (Å²) in [6.45, 7) is 0.775. The molecule has 2 aromatic rings. The fourth-order valence-electron chi connectivity index (χ4n) is 2.47. The second kappa shape index (κ2) is 5.85. The number of aliphatic hydroxyl groups is 1. The quantitative estimate of drug-likeness (QED) is 0.872. The van der Waals surface area contributed by atoms with Crippen molar-refractivity contribution in [2.45, 2.75) is 24.1 Å². The number of aromatic nitrogens is 1. The normalized spacial score (nSPS) is 18.9. The van der Waals surface area contributed by atoms with E-state index in [9.17, 15) is 9.90 Å². The van der Waals surface area contributed by atoms with Crippen molar-refractivity contribution in [1.29, 1.82) is 0 Å². The van der Waals surface area contributed by atoms with Crippen LogP contribution in [-0.4, -0.2) is 45.8 Å². The van der Waals surface area contributed by atoms with Gasteiger partial charge in [-0.2, -0.15) is 0 Å². The second-order valence-corrected chi connectivity index (χ2v) is 5.73. The zero-order chi connectivity index (χ0) is 13.9. The minimum Gasteiger partial charge on any atom is -0.431 e. The van der Waals surface area contributed by atoms with Crippen molar-refractivity contribution in [3.05, 3.63) is 24.3 Å². The van der Waals surface area contributed by atoms with Crippen molar-refractivity contribution in [3.63, 3.8) is 0 Å². The highest BCUT2D eigenvalue weighted by Gasteiger charge is 2.28. The lowest BCUT2D eigenvalue weighted by molar-refractivity contribution is -0.129. The molecule has 5 nitrogen and oxygen atoms in total. The van der Waals surface area contributed by atoms with Gasteiger partial charge >= 0.3 is 0 Å². The second-order valence-electron chi connectivity index (χ2n) is 4.80. The number of benzene rings is 1. The minimum atomic E-state index is -0.0215. The van der Waals surface area contributed by atoms with Crippen LogP contribution in [0.25, 0.3) is 11.1 Å². The molecule has 0 saturated carbocycles. The highest BCUT2D eigenvalue weighted by Crippen LogP contribution is 2.24. The van der Waals surface area contributed by atoms with Crippen LogP contribution in [0.15, 0.2) is 33.9 Å². The van der Waals surface area contributed by atoms with E-state index < -0.39 is 0 Å². The van der Waals surface area contributed by atoms with Gasteiger partial charge < -0.3 is 14.4 Å². The zero-order valence-corrected chi connectivity index (χ0v) is 11.8. The first kappa shape index (κ1) is 13.5. The van der Waals surface area contributed by atoms with Crippen LogP contribution in [0, 0.1) is 0 Å². The highest BCUT2D eigenvalue weighted by atomic mass is 32.2. The van der Waals surface area contributed by atoms with Crippen molar-refractivity contribution >= 4 is 28.8 Å². The number of oxazole rings is 1. The lowest BCUT2D eigenvalue weighted by atomic mass is 10.2. The number of rotatable bonds is 4. The summed E-state index contributed by atoms with van der Waals surface area (Å²) in [7, 11) is 0. The molecule has 0 radical (unpaired) electrons. The Morgan fingerprint density at radius 2 is 2.35 bits per heavy atom. The van der Waals surface area contributed by atoms with E-state index in [1.54, 1.807) is 4.90 Å². The molecule has 20 heavy (non-hydrogen) atoms. The summed E-state index contributed by atoms with van der Waals surface area (Å²) in [6, 6.07) is 7.51. The van der Waals surface area contributed by atoms with E-state index >= 15 is 0 Å². The van der Waals surface area contributed by atoms with Crippen LogP contribution in [0.3, 0.4) is 0 Å². The maximum absolute atomic E-state index is 12.1. The third-order valence-electron chi connectivity index (χ3n) is 3.50. The molecule has 1 aromatic carbocycles. The lowest BCUT2D eigenvalue weighted by Gasteiger charge is -2.22. The number of hydrogen-bond donors (Lipinski definition) is 1. The number of likely N-dealkylation sites (tertiary alicyclic amines) is 1. The first-order valence-corrected chi connectivity index (χ1v) is 7.65. The van der Waals surface area contributed by atoms with Gasteiger partial charge in [-0.1, -0.05) is 23.9 Å². The van der Waals surface area contributed by atoms with E-state index in [1.165, 1.54) is 11.8 Å². The minimum absolute atomic E-state index is 0.0215. The van der Waals surface area contributed by atoms with Gasteiger partial charge in [0, 0.05) is 6.54 Å². The molecule has 0 bridgehead atoms. The molecule has 1 fully saturated rings. The van der Waals surface area contributed by atoms with Gasteiger partial charge in [-0.25, -0.2) is 4.98 Å². The first-order chi connectivity index (χ1) is 9.78. The average molecular weight is 292 g/mol. The molecule has 1 aliphatic heterocycles. The Morgan fingerprint density at radius 3 is 3.15 bits per heavy atom. The summed E-state index contributed by atoms with van der Waals surface area (Å²) >= 11 is 1.30. The topological polar surface area (TPSA) is 66.6 Å². The molecule has 1 N–H and O–H groups in total. The molecular formula is C14H16N2O3S. The van der Waals surface area contributed by atoms with E-state index in [2.05, 4.69) is 4.98 Å². The molecular weight excluding hydrogens is 276 g/mol. The van der Waals surface area contributed by atoms with Gasteiger partial charge in [-0.3, -0.25) is 4.79 Å². The van der Waals surface area contributed by atoms with Gasteiger partial charge in [0.1, 0.15) is 5.52 Å². The number of fused-ring (bicyclic) bond motifs is 1. The maximum Gasteiger partial charge on any atom is 0.257 e. The van der Waals surface area contributed by atoms with Crippen molar-refractivity contribution in [1.82, 2.24) is 9.88 Å². The zero-order valence-electron chi connectivity index (χ0n) is 11.0. The summed E-state index contributed by atoms with van der Waals surface area (Å²) in [5.74, 6) is 0.331. The molecule has 1 atom stereocenters. The first-order valence-electron chi connectivity index (χ1n) is 6.66. The molecule has 1 aliphatic rings. The van der Waals surface area contributed by atoms with Crippen LogP contribution in [0.5, 0.6) is 0 Å². The molecule has 1 aromatic heterocycles. The number of aliphatic hydroxyl groups excluding tert-OH is 1. The molecule has 1 amide bonds. The van der Waals surface area contributed by atoms with Gasteiger partial charge in [-0.15, -0.1) is 0 Å². The summed E-state index contributed by atoms with van der Waals surface area (Å²) in [6.07, 6.45) is 1.85. The number of para-hydroxylation sites is 2. The molecule has 0 aliphatic carbocycles. The Morgan fingerprint density at radius 1 is 1.50 bits per heavy atom. The van der Waals surface area contributed by atoms with Crippen LogP contribution in [0.2, 0.25) is 0 Å². The fourth-order valence-corrected chi connectivity index (χ4v) is 3.20. The van der Waals surface area contributed by atoms with Crippen molar-refractivity contribution in [2.24, 2.45) is 0 Å². The smallest absolute Gasteiger partial charge is 0.257 e. The van der Waals surface area contributed by atoms with E-state index in [-0.39, 0.29) is 18.6 Å². The van der Waals surface area contributed by atoms with Crippen LogP contribution in [0.1, 0.15) is 12.8 Å². The van der Waals surface area contributed by atoms with E-state index in [1.807, 2.05) is 24.3 Å². The van der Waals surface area contributed by atoms with Gasteiger partial charge in [0.15, 0.2) is 5.58 Å². The third kappa shape index (κ3) is 2.66. The Kier molecular flexibility index (Phi) is 3.93. The number of carbonyl (C=O) groups excluding carboxylic acids is 1. The maximum atomic E-state index is 12.1. The van der Waals surface area contributed by atoms with Crippen LogP contribution < -0.4 is 0 Å². The van der Waals surface area contributed by atoms with Gasteiger partial charge in [-0.05, 0) is 25.0 Å². The molecule has 0 spiro atoms. The molecule has 1 saturated heterocycles. The Bertz CT molecular complexity index is 580. The monoisotopic (exact) mass is 292 g/mol. The predicted molar refractivity (Wildman–Crippen MR) is 76.6 cm³/mol. The number of nitrogens with zero attached hydrogens (tertiary/aromatic N) is 2. The predicted octanol–water partition coefficient (Wildman–Crippen LogP) is 1.90. The van der Waals surface area contributed by atoms with E-state index in [0.717, 1.165) is 30.5 Å². The van der Waals surface area contributed by atoms with Crippen molar-refractivity contribution in [3.8, 4) is 0 Å². The fraction of sp³-hybridized carbons (Fsp3) is 0.429. The standard InChI is InChI=1S/C14H16N2O3S/c17-8-10-4-3-7-16(10)13(18)9-20-14-15-11-5-1-2-6-12(11)19-14/h1-2,5-6,10,17H,3-4,7-9H2. The van der Waals surface area contributed by atoms with Gasteiger partial charge in [0.05, 0.1) is 18.4 Å². The number of amides is 1. The summed E-state index contributed by atoms with van der Waals surface area (Å²) in [5, 5.41) is 9.75. The number of thioether (sulfide) groups is 1. The summed E-state index contributed by atoms with van der Waals surface area (Å²) in [4.78, 5) is 18.2. The summed E-state index contributed by atoms with van der Waals surface area (Å²) in [5.41, 5.74) is 1.54. The molecule has 2 heterocycles. The Labute approximate surface area is 121 Å². The average Bonchev–Trinajstić information content (AvgIpc) is 3.10. The van der Waals surface area contributed by atoms with Crippen LogP contribution in [0.4, 0.5) is 0 Å². The number of carbonyl (C=O) groups is 1. The van der Waals surface area contributed by atoms with E-state index in [0.29, 0.717) is 11.0 Å². The number of hydrogen-bond acceptors (Lipinski definition) is 5. The van der Waals surface area contributed by atoms with Crippen molar-refractivity contribution in [2.75, 3.05) is 18.9 Å². The van der Waals surface area contributed by atoms with Crippen LogP contribution >= 0.6 is 11.8 Å². The summed E-state index contributed by atoms with van der Waals surface area (Å²) < 4.78 is 5.57. The highest BCUT2D eigenvalue weighted by molar-refractivity contribution is 7.99. The molecule has 6 heteroatoms. The lowest BCUT2D eigenvalue weighted by Crippen LogP contribution is -2.38. The van der Waals surface area contributed by atoms with Gasteiger partial charge in [0.2, 0.25) is 5.91 Å². The third-order valence-corrected chi connectivity index (χ3v) is 4.31. The Balaban J connectivity index is 1.62. The van der Waals surface area contributed by atoms with Crippen LogP contribution in [-0.2, 0) is 4.79 Å². The molecule has 3 rings (SSSR count). The van der Waals surface area contributed by atoms with E-state index in [4.69, 9.17) is 4.42 Å². The van der Waals surface area contributed by atoms with Crippen molar-refractivity contribution < 1.29 is 14.3 Å². The molecule has 106 valence electrons. The molecule has 1 unspecified atom stereocenters.